The molecule has 0 aliphatic rings. The van der Waals surface area contributed by atoms with E-state index in [0.717, 1.165) is 0 Å². The van der Waals surface area contributed by atoms with Gasteiger partial charge in [-0.05, 0) is 0 Å². The van der Waals surface area contributed by atoms with Crippen LogP contribution in [0.3, 0.4) is 0 Å². The fourth-order valence-electron chi connectivity index (χ4n) is 0.605. The van der Waals surface area contributed by atoms with Gasteiger partial charge in [0.05, 0.1) is 0 Å². The molecule has 0 saturated carbocycles. The third-order valence-corrected chi connectivity index (χ3v) is 11.9. The Kier molecular flexibility index (Phi) is 6.80. The summed E-state index contributed by atoms with van der Waals surface area (Å²) in [7, 11) is 7.77. The number of hydrogen-bond acceptors (Lipinski definition) is 4. The normalized spacial score (nSPS) is 13.9. The summed E-state index contributed by atoms with van der Waals surface area (Å²) in [5.74, 6) is 0.244. The summed E-state index contributed by atoms with van der Waals surface area (Å²) < 4.78 is 4.77. The van der Waals surface area contributed by atoms with Crippen LogP contribution in [0.25, 0.3) is 0 Å². The molecule has 0 rings (SSSR count). The van der Waals surface area contributed by atoms with E-state index in [1.807, 2.05) is 0 Å². The van der Waals surface area contributed by atoms with Crippen LogP contribution < -0.4 is 5.73 Å². The zero-order chi connectivity index (χ0) is 10.5. The van der Waals surface area contributed by atoms with E-state index in [-0.39, 0.29) is 5.97 Å². The molecule has 0 aliphatic carbocycles. The van der Waals surface area contributed by atoms with E-state index < -0.39 is 21.9 Å². The summed E-state index contributed by atoms with van der Waals surface area (Å²) in [6.07, 6.45) is 0. The fraction of sp³-hybridized carbons (Fsp3) is 0.857. The topological polar surface area (TPSA) is 52.3 Å². The summed E-state index contributed by atoms with van der Waals surface area (Å²) in [6, 6.07) is -0.528. The maximum absolute atomic E-state index is 11.1. The van der Waals surface area contributed by atoms with Crippen molar-refractivity contribution in [2.24, 2.45) is 5.73 Å². The van der Waals surface area contributed by atoms with Crippen LogP contribution in [-0.2, 0) is 9.53 Å². The summed E-state index contributed by atoms with van der Waals surface area (Å²) in [4.78, 5) is 15.2. The van der Waals surface area contributed by atoms with Crippen molar-refractivity contribution in [3.05, 3.63) is 0 Å². The SMILES string of the molecule is CCOC(=O)[C@@H](N)C[S][Sn]([CH3])([CH3])[Cl]. The average molecular weight is 332 g/mol. The molecule has 0 bridgehead atoms. The van der Waals surface area contributed by atoms with Gasteiger partial charge in [-0.3, -0.25) is 0 Å². The molecule has 0 heterocycles. The second kappa shape index (κ2) is 6.37. The first kappa shape index (κ1) is 13.9. The first-order valence-corrected chi connectivity index (χ1v) is 17.9. The number of ether oxygens (including phenoxy) is 1. The van der Waals surface area contributed by atoms with Gasteiger partial charge in [0.15, 0.2) is 0 Å². The van der Waals surface area contributed by atoms with Gasteiger partial charge >= 0.3 is 90.2 Å². The zero-order valence-corrected chi connectivity index (χ0v) is 12.6. The predicted molar refractivity (Wildman–Crippen MR) is 60.4 cm³/mol. The molecule has 3 nitrogen and oxygen atoms in total. The third-order valence-electron chi connectivity index (χ3n) is 1.20. The van der Waals surface area contributed by atoms with Crippen molar-refractivity contribution < 1.29 is 9.53 Å². The van der Waals surface area contributed by atoms with E-state index in [2.05, 4.69) is 9.88 Å². The van der Waals surface area contributed by atoms with Gasteiger partial charge in [-0.2, -0.15) is 0 Å². The van der Waals surface area contributed by atoms with Crippen molar-refractivity contribution in [1.29, 1.82) is 0 Å². The fourth-order valence-corrected chi connectivity index (χ4v) is 7.52. The van der Waals surface area contributed by atoms with Gasteiger partial charge in [0.2, 0.25) is 0 Å². The maximum atomic E-state index is 11.1. The van der Waals surface area contributed by atoms with Crippen LogP contribution in [0.5, 0.6) is 0 Å². The molecule has 6 heteroatoms. The van der Waals surface area contributed by atoms with Crippen molar-refractivity contribution in [2.75, 3.05) is 12.4 Å². The molecule has 0 unspecified atom stereocenters. The molecule has 0 amide bonds. The molecule has 1 atom stereocenters. The summed E-state index contributed by atoms with van der Waals surface area (Å²) in [5.41, 5.74) is 5.59. The van der Waals surface area contributed by atoms with Crippen LogP contribution in [-0.4, -0.2) is 40.2 Å². The number of carbonyl (C=O) groups excluding carboxylic acids is 1. The van der Waals surface area contributed by atoms with Gasteiger partial charge in [0.25, 0.3) is 0 Å². The molecular formula is C7H16ClNO2SSn. The summed E-state index contributed by atoms with van der Waals surface area (Å²) >= 11 is -2.35. The second-order valence-corrected chi connectivity index (χ2v) is 28.6. The van der Waals surface area contributed by atoms with Gasteiger partial charge in [-0.1, -0.05) is 0 Å². The van der Waals surface area contributed by atoms with Gasteiger partial charge in [-0.15, -0.1) is 0 Å². The number of nitrogens with two attached hydrogens (primary N) is 1. The Hall–Kier alpha value is 0.869. The van der Waals surface area contributed by atoms with Crippen LogP contribution >= 0.6 is 17.9 Å². The van der Waals surface area contributed by atoms with Crippen LogP contribution in [0.15, 0.2) is 0 Å². The number of esters is 1. The van der Waals surface area contributed by atoms with Crippen LogP contribution in [0.1, 0.15) is 6.92 Å². The van der Waals surface area contributed by atoms with Crippen LogP contribution in [0.4, 0.5) is 0 Å². The minimum atomic E-state index is -2.35. The van der Waals surface area contributed by atoms with Crippen molar-refractivity contribution in [3.63, 3.8) is 0 Å². The standard InChI is InChI=1S/C5H11NO2S.2CH3.ClH.Sn/c1-2-8-5(7)4(6)3-9;;;;/h4,9H,2-3,6H2,1H3;2*1H3;1H;/q;;;;+2/p-2/t4-;;;;/m0..../s1. The Labute approximate surface area is 89.8 Å². The molecule has 0 radical (unpaired) electrons. The number of halogens is 1. The number of rotatable bonds is 5. The Balaban J connectivity index is 3.74. The zero-order valence-electron chi connectivity index (χ0n) is 8.17. The number of hydrogen-bond donors (Lipinski definition) is 1. The average Bonchev–Trinajstić information content (AvgIpc) is 1.99. The van der Waals surface area contributed by atoms with E-state index >= 15 is 0 Å². The van der Waals surface area contributed by atoms with E-state index in [4.69, 9.17) is 19.4 Å². The quantitative estimate of drug-likeness (QED) is 0.613. The van der Waals surface area contributed by atoms with Gasteiger partial charge in [0.1, 0.15) is 0 Å². The van der Waals surface area contributed by atoms with Gasteiger partial charge < -0.3 is 0 Å². The molecule has 0 fully saturated rings. The molecule has 0 aliphatic heterocycles. The van der Waals surface area contributed by atoms with E-state index in [9.17, 15) is 4.79 Å². The van der Waals surface area contributed by atoms with Crippen molar-refractivity contribution in [1.82, 2.24) is 0 Å². The Morgan fingerprint density at radius 3 is 2.62 bits per heavy atom. The van der Waals surface area contributed by atoms with Gasteiger partial charge in [0, 0.05) is 0 Å². The van der Waals surface area contributed by atoms with Crippen molar-refractivity contribution in [3.8, 4) is 0 Å². The van der Waals surface area contributed by atoms with Crippen molar-refractivity contribution >= 4 is 39.7 Å². The molecule has 0 aromatic heterocycles. The molecule has 0 spiro atoms. The molecular weight excluding hydrogens is 316 g/mol. The van der Waals surface area contributed by atoms with E-state index in [1.54, 1.807) is 15.9 Å². The molecule has 0 saturated heterocycles. The second-order valence-electron chi connectivity index (χ2n) is 3.03. The molecule has 78 valence electrons. The first-order chi connectivity index (χ1) is 5.87. The van der Waals surface area contributed by atoms with E-state index in [1.165, 1.54) is 0 Å². The predicted octanol–water partition coefficient (Wildman–Crippen LogP) is 1.55. The third kappa shape index (κ3) is 7.90. The molecule has 0 aromatic rings. The Morgan fingerprint density at radius 2 is 2.23 bits per heavy atom. The van der Waals surface area contributed by atoms with Crippen LogP contribution in [0.2, 0.25) is 9.88 Å². The monoisotopic (exact) mass is 333 g/mol. The minimum absolute atomic E-state index is 0.331. The first-order valence-electron chi connectivity index (χ1n) is 4.12. The van der Waals surface area contributed by atoms with Gasteiger partial charge in [-0.25, -0.2) is 0 Å². The van der Waals surface area contributed by atoms with E-state index in [0.29, 0.717) is 12.4 Å². The molecule has 2 N–H and O–H groups in total. The van der Waals surface area contributed by atoms with Crippen LogP contribution in [0, 0.1) is 0 Å². The number of carbonyl (C=O) groups is 1. The Morgan fingerprint density at radius 1 is 1.69 bits per heavy atom. The summed E-state index contributed by atoms with van der Waals surface area (Å²) in [5, 5.41) is 0. The Bertz CT molecular complexity index is 174. The summed E-state index contributed by atoms with van der Waals surface area (Å²) in [6.45, 7) is 2.15. The molecule has 0 aromatic carbocycles. The van der Waals surface area contributed by atoms with Crippen molar-refractivity contribution in [2.45, 2.75) is 22.8 Å². The molecule has 13 heavy (non-hydrogen) atoms.